The molecule has 0 atom stereocenters. The van der Waals surface area contributed by atoms with Gasteiger partial charge in [0.05, 0.1) is 36.5 Å². The quantitative estimate of drug-likeness (QED) is 0.362. The van der Waals surface area contributed by atoms with E-state index in [2.05, 4.69) is 15.4 Å². The molecule has 25 heavy (non-hydrogen) atoms. The molecular weight excluding hydrogens is 346 g/mol. The zero-order chi connectivity index (χ0) is 18.4. The second-order valence-electron chi connectivity index (χ2n) is 4.79. The van der Waals surface area contributed by atoms with Crippen LogP contribution in [0.2, 0.25) is 0 Å². The van der Waals surface area contributed by atoms with Crippen LogP contribution in [0.3, 0.4) is 0 Å². The predicted molar refractivity (Wildman–Crippen MR) is 97.3 cm³/mol. The Morgan fingerprint density at radius 2 is 1.80 bits per heavy atom. The fraction of sp³-hybridized carbons (Fsp3) is 0.125. The average molecular weight is 361 g/mol. The number of carbonyl (C=O) groups is 1. The van der Waals surface area contributed by atoms with Crippen molar-refractivity contribution in [2.75, 3.05) is 24.9 Å². The van der Waals surface area contributed by atoms with E-state index < -0.39 is 10.9 Å². The van der Waals surface area contributed by atoms with Crippen LogP contribution in [0.15, 0.2) is 42.5 Å². The summed E-state index contributed by atoms with van der Waals surface area (Å²) < 4.78 is 9.76. The number of nitro groups is 1. The maximum Gasteiger partial charge on any atom is 0.337 e. The maximum absolute atomic E-state index is 11.4. The largest absolute Gasteiger partial charge is 0.494 e. The van der Waals surface area contributed by atoms with Crippen LogP contribution in [0.5, 0.6) is 5.75 Å². The molecular formula is C16H15N3O5S. The maximum atomic E-state index is 11.4. The summed E-state index contributed by atoms with van der Waals surface area (Å²) in [5, 5.41) is 16.9. The summed E-state index contributed by atoms with van der Waals surface area (Å²) in [6.07, 6.45) is 0. The van der Waals surface area contributed by atoms with Crippen LogP contribution in [-0.2, 0) is 4.74 Å². The van der Waals surface area contributed by atoms with Gasteiger partial charge in [-0.1, -0.05) is 0 Å². The summed E-state index contributed by atoms with van der Waals surface area (Å²) in [7, 11) is 2.72. The van der Waals surface area contributed by atoms with Crippen LogP contribution < -0.4 is 15.4 Å². The Kier molecular flexibility index (Phi) is 5.85. The molecule has 0 fully saturated rings. The third kappa shape index (κ3) is 4.64. The van der Waals surface area contributed by atoms with Crippen molar-refractivity contribution >= 4 is 40.4 Å². The summed E-state index contributed by atoms with van der Waals surface area (Å²) in [4.78, 5) is 21.7. The molecule has 0 saturated carbocycles. The highest BCUT2D eigenvalue weighted by atomic mass is 32.1. The van der Waals surface area contributed by atoms with Crippen LogP contribution >= 0.6 is 12.2 Å². The molecule has 0 aliphatic rings. The Morgan fingerprint density at radius 3 is 2.36 bits per heavy atom. The van der Waals surface area contributed by atoms with E-state index in [1.807, 2.05) is 0 Å². The molecule has 2 aromatic carbocycles. The SMILES string of the molecule is COC(=O)c1ccc(NC(=S)Nc2ccc([N+](=O)[O-])cc2OC)cc1. The van der Waals surface area contributed by atoms with Crippen molar-refractivity contribution < 1.29 is 19.2 Å². The molecule has 2 rings (SSSR count). The number of esters is 1. The van der Waals surface area contributed by atoms with Crippen LogP contribution in [0.4, 0.5) is 17.1 Å². The Bertz CT molecular complexity index is 808. The number of non-ortho nitro benzene ring substituents is 1. The zero-order valence-electron chi connectivity index (χ0n) is 13.4. The van der Waals surface area contributed by atoms with Gasteiger partial charge in [-0.3, -0.25) is 10.1 Å². The highest BCUT2D eigenvalue weighted by Gasteiger charge is 2.12. The molecule has 0 amide bonds. The second-order valence-corrected chi connectivity index (χ2v) is 5.20. The number of rotatable bonds is 5. The third-order valence-electron chi connectivity index (χ3n) is 3.21. The molecule has 0 saturated heterocycles. The zero-order valence-corrected chi connectivity index (χ0v) is 14.3. The Hall–Kier alpha value is -3.20. The summed E-state index contributed by atoms with van der Waals surface area (Å²) in [6, 6.07) is 10.7. The lowest BCUT2D eigenvalue weighted by atomic mass is 10.2. The van der Waals surface area contributed by atoms with Crippen molar-refractivity contribution in [2.24, 2.45) is 0 Å². The van der Waals surface area contributed by atoms with Gasteiger partial charge >= 0.3 is 5.97 Å². The minimum absolute atomic E-state index is 0.0836. The van der Waals surface area contributed by atoms with Crippen molar-refractivity contribution in [1.29, 1.82) is 0 Å². The first-order valence-corrected chi connectivity index (χ1v) is 7.44. The van der Waals surface area contributed by atoms with E-state index in [1.165, 1.54) is 32.4 Å². The highest BCUT2D eigenvalue weighted by Crippen LogP contribution is 2.29. The number of benzene rings is 2. The molecule has 2 aromatic rings. The van der Waals surface area contributed by atoms with Crippen molar-refractivity contribution in [3.8, 4) is 5.75 Å². The van der Waals surface area contributed by atoms with Gasteiger partial charge in [-0.25, -0.2) is 4.79 Å². The van der Waals surface area contributed by atoms with Gasteiger partial charge in [-0.15, -0.1) is 0 Å². The number of nitrogens with zero attached hydrogens (tertiary/aromatic N) is 1. The monoisotopic (exact) mass is 361 g/mol. The minimum Gasteiger partial charge on any atom is -0.494 e. The number of ether oxygens (including phenoxy) is 2. The van der Waals surface area contributed by atoms with Gasteiger partial charge in [0.2, 0.25) is 0 Å². The number of carbonyl (C=O) groups excluding carboxylic acids is 1. The molecule has 0 heterocycles. The number of methoxy groups -OCH3 is 2. The molecule has 0 radical (unpaired) electrons. The second kappa shape index (κ2) is 8.06. The molecule has 0 aromatic heterocycles. The number of anilines is 2. The number of thiocarbonyl (C=S) groups is 1. The molecule has 0 unspecified atom stereocenters. The van der Waals surface area contributed by atoms with E-state index in [0.29, 0.717) is 22.7 Å². The van der Waals surface area contributed by atoms with Gasteiger partial charge in [-0.05, 0) is 42.5 Å². The van der Waals surface area contributed by atoms with Gasteiger partial charge < -0.3 is 20.1 Å². The van der Waals surface area contributed by atoms with Crippen molar-refractivity contribution in [2.45, 2.75) is 0 Å². The highest BCUT2D eigenvalue weighted by molar-refractivity contribution is 7.80. The Morgan fingerprint density at radius 1 is 1.12 bits per heavy atom. The molecule has 0 aliphatic carbocycles. The van der Waals surface area contributed by atoms with Gasteiger partial charge in [0, 0.05) is 11.8 Å². The fourth-order valence-corrected chi connectivity index (χ4v) is 2.22. The topological polar surface area (TPSA) is 103 Å². The molecule has 2 N–H and O–H groups in total. The van der Waals surface area contributed by atoms with Crippen LogP contribution in [0.1, 0.15) is 10.4 Å². The van der Waals surface area contributed by atoms with E-state index in [0.717, 1.165) is 0 Å². The lowest BCUT2D eigenvalue weighted by Gasteiger charge is -2.13. The third-order valence-corrected chi connectivity index (χ3v) is 3.41. The van der Waals surface area contributed by atoms with E-state index >= 15 is 0 Å². The lowest BCUT2D eigenvalue weighted by molar-refractivity contribution is -0.384. The number of hydrogen-bond acceptors (Lipinski definition) is 6. The number of hydrogen-bond donors (Lipinski definition) is 2. The van der Waals surface area contributed by atoms with Crippen molar-refractivity contribution in [3.63, 3.8) is 0 Å². The Labute approximate surface area is 148 Å². The molecule has 8 nitrogen and oxygen atoms in total. The predicted octanol–water partition coefficient (Wildman–Crippen LogP) is 3.20. The standard InChI is InChI=1S/C16H15N3O5S/c1-23-14-9-12(19(21)22)7-8-13(14)18-16(25)17-11-5-3-10(4-6-11)15(20)24-2/h3-9H,1-2H3,(H2,17,18,25). The summed E-state index contributed by atoms with van der Waals surface area (Å²) in [6.45, 7) is 0. The van der Waals surface area contributed by atoms with Gasteiger partial charge in [0.1, 0.15) is 5.75 Å². The normalized spacial score (nSPS) is 9.84. The number of nitrogens with one attached hydrogen (secondary N) is 2. The van der Waals surface area contributed by atoms with Crippen LogP contribution in [0, 0.1) is 10.1 Å². The van der Waals surface area contributed by atoms with E-state index in [9.17, 15) is 14.9 Å². The fourth-order valence-electron chi connectivity index (χ4n) is 1.99. The van der Waals surface area contributed by atoms with Crippen LogP contribution in [-0.4, -0.2) is 30.2 Å². The molecule has 0 aliphatic heterocycles. The van der Waals surface area contributed by atoms with Crippen molar-refractivity contribution in [3.05, 3.63) is 58.1 Å². The first-order valence-electron chi connectivity index (χ1n) is 7.03. The minimum atomic E-state index is -0.508. The van der Waals surface area contributed by atoms with Gasteiger partial charge in [0.15, 0.2) is 5.11 Å². The molecule has 130 valence electrons. The molecule has 0 bridgehead atoms. The van der Waals surface area contributed by atoms with E-state index in [4.69, 9.17) is 17.0 Å². The molecule has 9 heteroatoms. The first kappa shape index (κ1) is 18.1. The van der Waals surface area contributed by atoms with Crippen molar-refractivity contribution in [1.82, 2.24) is 0 Å². The van der Waals surface area contributed by atoms with E-state index in [1.54, 1.807) is 24.3 Å². The molecule has 0 spiro atoms. The van der Waals surface area contributed by atoms with Gasteiger partial charge in [-0.2, -0.15) is 0 Å². The first-order chi connectivity index (χ1) is 11.9. The smallest absolute Gasteiger partial charge is 0.337 e. The van der Waals surface area contributed by atoms with Gasteiger partial charge in [0.25, 0.3) is 5.69 Å². The van der Waals surface area contributed by atoms with E-state index in [-0.39, 0.29) is 10.8 Å². The summed E-state index contributed by atoms with van der Waals surface area (Å²) >= 11 is 5.21. The lowest BCUT2D eigenvalue weighted by Crippen LogP contribution is -2.19. The van der Waals surface area contributed by atoms with Crippen LogP contribution in [0.25, 0.3) is 0 Å². The summed E-state index contributed by atoms with van der Waals surface area (Å²) in [5.74, 6) is -0.137. The Balaban J connectivity index is 2.07. The number of nitro benzene ring substituents is 1. The average Bonchev–Trinajstić information content (AvgIpc) is 2.61. The summed E-state index contributed by atoms with van der Waals surface area (Å²) in [5.41, 5.74) is 1.48.